The quantitative estimate of drug-likeness (QED) is 0.617. The van der Waals surface area contributed by atoms with Crippen molar-refractivity contribution < 1.29 is 4.74 Å². The summed E-state index contributed by atoms with van der Waals surface area (Å²) in [6, 6.07) is 8.15. The lowest BCUT2D eigenvalue weighted by Gasteiger charge is -2.11. The lowest BCUT2D eigenvalue weighted by molar-refractivity contribution is 0.318. The molecule has 0 aliphatic carbocycles. The highest BCUT2D eigenvalue weighted by Crippen LogP contribution is 2.24. The average molecular weight is 291 g/mol. The van der Waals surface area contributed by atoms with Gasteiger partial charge in [-0.3, -0.25) is 0 Å². The predicted molar refractivity (Wildman–Crippen MR) is 81.4 cm³/mol. The van der Waals surface area contributed by atoms with Crippen molar-refractivity contribution in [3.05, 3.63) is 36.3 Å². The first-order valence-electron chi connectivity index (χ1n) is 7.22. The minimum Gasteiger partial charge on any atom is -0.494 e. The van der Waals surface area contributed by atoms with Crippen molar-refractivity contribution in [2.24, 2.45) is 0 Å². The van der Waals surface area contributed by atoms with E-state index in [1.54, 1.807) is 0 Å². The molecule has 0 N–H and O–H groups in total. The van der Waals surface area contributed by atoms with Crippen molar-refractivity contribution in [1.82, 2.24) is 9.55 Å². The van der Waals surface area contributed by atoms with Crippen LogP contribution in [0, 0.1) is 0 Å². The van der Waals surface area contributed by atoms with Gasteiger partial charge in [-0.15, -0.1) is 11.6 Å². The number of imidazole rings is 1. The van der Waals surface area contributed by atoms with Gasteiger partial charge in [0.2, 0.25) is 0 Å². The number of benzene rings is 1. The van der Waals surface area contributed by atoms with Crippen LogP contribution in [0.5, 0.6) is 5.75 Å². The van der Waals surface area contributed by atoms with E-state index < -0.39 is 0 Å². The molecule has 0 spiro atoms. The van der Waals surface area contributed by atoms with E-state index in [0.717, 1.165) is 36.4 Å². The molecule has 1 aliphatic rings. The Kier molecular flexibility index (Phi) is 4.26. The second kappa shape index (κ2) is 6.31. The van der Waals surface area contributed by atoms with Gasteiger partial charge in [0.1, 0.15) is 11.6 Å². The highest BCUT2D eigenvalue weighted by atomic mass is 35.5. The van der Waals surface area contributed by atoms with Crippen LogP contribution in [0.2, 0.25) is 0 Å². The summed E-state index contributed by atoms with van der Waals surface area (Å²) < 4.78 is 7.89. The Hall–Kier alpha value is -1.48. The van der Waals surface area contributed by atoms with Gasteiger partial charge in [0.25, 0.3) is 0 Å². The second-order valence-corrected chi connectivity index (χ2v) is 5.49. The molecule has 0 bridgehead atoms. The Labute approximate surface area is 124 Å². The van der Waals surface area contributed by atoms with Crippen molar-refractivity contribution >= 4 is 11.6 Å². The fourth-order valence-corrected chi connectivity index (χ4v) is 2.63. The van der Waals surface area contributed by atoms with E-state index in [4.69, 9.17) is 21.3 Å². The number of aromatic nitrogens is 2. The van der Waals surface area contributed by atoms with Crippen LogP contribution in [0.4, 0.5) is 0 Å². The molecule has 20 heavy (non-hydrogen) atoms. The van der Waals surface area contributed by atoms with E-state index in [1.807, 2.05) is 12.1 Å². The highest BCUT2D eigenvalue weighted by molar-refractivity contribution is 6.17. The summed E-state index contributed by atoms with van der Waals surface area (Å²) in [6.07, 6.45) is 6.65. The third kappa shape index (κ3) is 2.98. The molecule has 2 aromatic rings. The molecule has 1 aromatic carbocycles. The number of alkyl halides is 1. The summed E-state index contributed by atoms with van der Waals surface area (Å²) >= 11 is 5.63. The first-order chi connectivity index (χ1) is 9.86. The lowest BCUT2D eigenvalue weighted by Crippen LogP contribution is -2.08. The number of halogens is 1. The van der Waals surface area contributed by atoms with E-state index >= 15 is 0 Å². The van der Waals surface area contributed by atoms with E-state index in [1.165, 1.54) is 18.7 Å². The van der Waals surface area contributed by atoms with Crippen LogP contribution in [0.1, 0.15) is 25.1 Å². The van der Waals surface area contributed by atoms with E-state index in [0.29, 0.717) is 12.5 Å². The summed E-state index contributed by atoms with van der Waals surface area (Å²) in [5.41, 5.74) is 2.21. The van der Waals surface area contributed by atoms with E-state index in [9.17, 15) is 0 Å². The molecule has 106 valence electrons. The van der Waals surface area contributed by atoms with Crippen LogP contribution in [0.3, 0.4) is 0 Å². The van der Waals surface area contributed by atoms with Crippen molar-refractivity contribution in [2.45, 2.75) is 32.2 Å². The number of fused-ring (bicyclic) bond motifs is 1. The van der Waals surface area contributed by atoms with Crippen molar-refractivity contribution in [2.75, 3.05) is 12.5 Å². The topological polar surface area (TPSA) is 27.1 Å². The number of rotatable bonds is 5. The van der Waals surface area contributed by atoms with Crippen LogP contribution in [0.25, 0.3) is 11.3 Å². The fourth-order valence-electron chi connectivity index (χ4n) is 2.52. The molecule has 0 atom stereocenters. The van der Waals surface area contributed by atoms with Crippen molar-refractivity contribution in [1.29, 1.82) is 0 Å². The van der Waals surface area contributed by atoms with Crippen LogP contribution in [-0.2, 0) is 13.0 Å². The summed E-state index contributed by atoms with van der Waals surface area (Å²) in [4.78, 5) is 4.73. The number of ether oxygens (including phenoxy) is 1. The molecule has 0 amide bonds. The van der Waals surface area contributed by atoms with Gasteiger partial charge in [-0.1, -0.05) is 0 Å². The summed E-state index contributed by atoms with van der Waals surface area (Å²) in [6.45, 7) is 1.77. The van der Waals surface area contributed by atoms with Crippen LogP contribution in [-0.4, -0.2) is 22.0 Å². The largest absolute Gasteiger partial charge is 0.494 e. The minimum atomic E-state index is 0.637. The maximum Gasteiger partial charge on any atom is 0.119 e. The SMILES string of the molecule is ClCCCOc1ccc(-c2cn3c(n2)CCCC3)cc1. The molecule has 0 radical (unpaired) electrons. The molecule has 0 saturated carbocycles. The smallest absolute Gasteiger partial charge is 0.119 e. The first-order valence-corrected chi connectivity index (χ1v) is 7.75. The first kappa shape index (κ1) is 13.5. The number of hydrogen-bond acceptors (Lipinski definition) is 2. The summed E-state index contributed by atoms with van der Waals surface area (Å²) in [5, 5.41) is 0. The zero-order valence-corrected chi connectivity index (χ0v) is 12.3. The van der Waals surface area contributed by atoms with Gasteiger partial charge in [0.05, 0.1) is 12.3 Å². The third-order valence-electron chi connectivity index (χ3n) is 3.61. The molecule has 3 rings (SSSR count). The number of hydrogen-bond donors (Lipinski definition) is 0. The Morgan fingerprint density at radius 3 is 2.80 bits per heavy atom. The lowest BCUT2D eigenvalue weighted by atomic mass is 10.1. The van der Waals surface area contributed by atoms with Gasteiger partial charge in [-0.25, -0.2) is 4.98 Å². The predicted octanol–water partition coefficient (Wildman–Crippen LogP) is 3.89. The maximum absolute atomic E-state index is 5.63. The van der Waals surface area contributed by atoms with Crippen molar-refractivity contribution in [3.63, 3.8) is 0 Å². The van der Waals surface area contributed by atoms with Crippen LogP contribution in [0.15, 0.2) is 30.5 Å². The van der Waals surface area contributed by atoms with Crippen LogP contribution >= 0.6 is 11.6 Å². The average Bonchev–Trinajstić information content (AvgIpc) is 2.92. The molecule has 4 heteroatoms. The van der Waals surface area contributed by atoms with Gasteiger partial charge in [0.15, 0.2) is 0 Å². The van der Waals surface area contributed by atoms with E-state index in [-0.39, 0.29) is 0 Å². The Morgan fingerprint density at radius 1 is 1.20 bits per heavy atom. The van der Waals surface area contributed by atoms with Crippen LogP contribution < -0.4 is 4.74 Å². The number of nitrogens with zero attached hydrogens (tertiary/aromatic N) is 2. The fraction of sp³-hybridized carbons (Fsp3) is 0.438. The Bertz CT molecular complexity index is 539. The Morgan fingerprint density at radius 2 is 2.05 bits per heavy atom. The molecular formula is C16H19ClN2O. The molecule has 3 nitrogen and oxygen atoms in total. The summed E-state index contributed by atoms with van der Waals surface area (Å²) in [7, 11) is 0. The third-order valence-corrected chi connectivity index (χ3v) is 3.87. The maximum atomic E-state index is 5.63. The normalized spacial score (nSPS) is 14.1. The molecule has 1 aliphatic heterocycles. The second-order valence-electron chi connectivity index (χ2n) is 5.11. The zero-order valence-electron chi connectivity index (χ0n) is 11.5. The highest BCUT2D eigenvalue weighted by Gasteiger charge is 2.13. The Balaban J connectivity index is 1.72. The molecular weight excluding hydrogens is 272 g/mol. The zero-order chi connectivity index (χ0) is 13.8. The van der Waals surface area contributed by atoms with Gasteiger partial charge < -0.3 is 9.30 Å². The number of aryl methyl sites for hydroxylation is 2. The van der Waals surface area contributed by atoms with Gasteiger partial charge in [-0.2, -0.15) is 0 Å². The molecule has 0 unspecified atom stereocenters. The van der Waals surface area contributed by atoms with Gasteiger partial charge in [0, 0.05) is 30.6 Å². The standard InChI is InChI=1S/C16H19ClN2O/c17-9-3-11-20-14-7-5-13(6-8-14)15-12-19-10-2-1-4-16(19)18-15/h5-8,12H,1-4,9-11H2. The summed E-state index contributed by atoms with van der Waals surface area (Å²) in [5.74, 6) is 2.75. The molecule has 2 heterocycles. The van der Waals surface area contributed by atoms with Crippen molar-refractivity contribution in [3.8, 4) is 17.0 Å². The van der Waals surface area contributed by atoms with Gasteiger partial charge >= 0.3 is 0 Å². The minimum absolute atomic E-state index is 0.637. The van der Waals surface area contributed by atoms with E-state index in [2.05, 4.69) is 22.9 Å². The molecule has 1 aromatic heterocycles. The monoisotopic (exact) mass is 290 g/mol. The molecule has 0 fully saturated rings. The molecule has 0 saturated heterocycles. The van der Waals surface area contributed by atoms with Gasteiger partial charge in [-0.05, 0) is 43.5 Å².